The van der Waals surface area contributed by atoms with Crippen LogP contribution in [0.3, 0.4) is 0 Å². The number of urea groups is 1. The third-order valence-electron chi connectivity index (χ3n) is 4.48. The average molecular weight is 361 g/mol. The highest BCUT2D eigenvalue weighted by atomic mass is 16.5. The van der Waals surface area contributed by atoms with E-state index in [1.54, 1.807) is 6.92 Å². The molecule has 142 valence electrons. The molecule has 26 heavy (non-hydrogen) atoms. The van der Waals surface area contributed by atoms with E-state index in [2.05, 4.69) is 5.32 Å². The Labute approximate surface area is 153 Å². The fourth-order valence-corrected chi connectivity index (χ4v) is 3.34. The van der Waals surface area contributed by atoms with Crippen LogP contribution < -0.4 is 11.1 Å². The van der Waals surface area contributed by atoms with Gasteiger partial charge >= 0.3 is 12.0 Å². The number of amides is 3. The van der Waals surface area contributed by atoms with E-state index in [9.17, 15) is 14.4 Å². The zero-order valence-electron chi connectivity index (χ0n) is 15.7. The standard InChI is InChI=1S/C19H27N3O4/c1-5-26-18(24)14-10-15(17(20)23)22(19(25)21-11(2)3)16(14)13-8-6-12(4)7-9-13/h6-9,11,14-16H,5,10H2,1-4H3,(H2,20,23)(H,21,25). The summed E-state index contributed by atoms with van der Waals surface area (Å²) in [6.45, 7) is 7.57. The third-order valence-corrected chi connectivity index (χ3v) is 4.48. The molecule has 0 radical (unpaired) electrons. The number of likely N-dealkylation sites (tertiary alicyclic amines) is 1. The molecule has 7 nitrogen and oxygen atoms in total. The van der Waals surface area contributed by atoms with E-state index in [1.165, 1.54) is 4.90 Å². The van der Waals surface area contributed by atoms with Crippen LogP contribution in [0.5, 0.6) is 0 Å². The Morgan fingerprint density at radius 1 is 1.27 bits per heavy atom. The summed E-state index contributed by atoms with van der Waals surface area (Å²) in [4.78, 5) is 38.7. The molecule has 1 aliphatic heterocycles. The summed E-state index contributed by atoms with van der Waals surface area (Å²) in [5.74, 6) is -1.70. The topological polar surface area (TPSA) is 102 Å². The highest BCUT2D eigenvalue weighted by Gasteiger charge is 2.50. The van der Waals surface area contributed by atoms with Crippen molar-refractivity contribution >= 4 is 17.9 Å². The Balaban J connectivity index is 2.49. The molecule has 0 aliphatic carbocycles. The fraction of sp³-hybridized carbons (Fsp3) is 0.526. The van der Waals surface area contributed by atoms with Gasteiger partial charge in [0.15, 0.2) is 0 Å². The van der Waals surface area contributed by atoms with Crippen LogP contribution in [-0.4, -0.2) is 41.5 Å². The number of nitrogens with zero attached hydrogens (tertiary/aromatic N) is 1. The number of carbonyl (C=O) groups excluding carboxylic acids is 3. The fourth-order valence-electron chi connectivity index (χ4n) is 3.34. The number of ether oxygens (including phenoxy) is 1. The molecular weight excluding hydrogens is 334 g/mol. The van der Waals surface area contributed by atoms with Crippen molar-refractivity contribution in [3.8, 4) is 0 Å². The van der Waals surface area contributed by atoms with Gasteiger partial charge in [-0.15, -0.1) is 0 Å². The number of benzene rings is 1. The van der Waals surface area contributed by atoms with Gasteiger partial charge in [0, 0.05) is 6.04 Å². The van der Waals surface area contributed by atoms with Crippen LogP contribution in [0.15, 0.2) is 24.3 Å². The zero-order valence-corrected chi connectivity index (χ0v) is 15.7. The summed E-state index contributed by atoms with van der Waals surface area (Å²) in [7, 11) is 0. The van der Waals surface area contributed by atoms with Crippen molar-refractivity contribution in [2.75, 3.05) is 6.61 Å². The molecule has 0 bridgehead atoms. The lowest BCUT2D eigenvalue weighted by atomic mass is 9.92. The van der Waals surface area contributed by atoms with Gasteiger partial charge in [-0.25, -0.2) is 4.79 Å². The molecule has 3 atom stereocenters. The molecule has 1 aromatic carbocycles. The Hall–Kier alpha value is -2.57. The first-order valence-corrected chi connectivity index (χ1v) is 8.87. The predicted molar refractivity (Wildman–Crippen MR) is 97.1 cm³/mol. The number of carbonyl (C=O) groups is 3. The van der Waals surface area contributed by atoms with Crippen molar-refractivity contribution in [1.82, 2.24) is 10.2 Å². The van der Waals surface area contributed by atoms with Crippen molar-refractivity contribution in [3.63, 3.8) is 0 Å². The zero-order chi connectivity index (χ0) is 19.4. The third kappa shape index (κ3) is 4.15. The van der Waals surface area contributed by atoms with Gasteiger partial charge in [0.1, 0.15) is 6.04 Å². The molecule has 0 aromatic heterocycles. The second-order valence-electron chi connectivity index (χ2n) is 6.88. The molecule has 3 unspecified atom stereocenters. The summed E-state index contributed by atoms with van der Waals surface area (Å²) in [5, 5.41) is 2.80. The molecule has 0 spiro atoms. The van der Waals surface area contributed by atoms with Gasteiger partial charge in [0.05, 0.1) is 18.6 Å². The maximum atomic E-state index is 12.8. The number of esters is 1. The number of hydrogen-bond donors (Lipinski definition) is 2. The monoisotopic (exact) mass is 361 g/mol. The number of hydrogen-bond acceptors (Lipinski definition) is 4. The highest BCUT2D eigenvalue weighted by Crippen LogP contribution is 2.42. The number of primary amides is 1. The maximum absolute atomic E-state index is 12.8. The van der Waals surface area contributed by atoms with Crippen molar-refractivity contribution in [2.24, 2.45) is 11.7 Å². The van der Waals surface area contributed by atoms with E-state index < -0.39 is 35.9 Å². The minimum absolute atomic E-state index is 0.115. The van der Waals surface area contributed by atoms with E-state index in [1.807, 2.05) is 45.0 Å². The summed E-state index contributed by atoms with van der Waals surface area (Å²) in [6, 6.07) is 5.55. The van der Waals surface area contributed by atoms with Crippen LogP contribution in [0.25, 0.3) is 0 Å². The van der Waals surface area contributed by atoms with Gasteiger partial charge in [0.25, 0.3) is 0 Å². The SMILES string of the molecule is CCOC(=O)C1CC(C(N)=O)N(C(=O)NC(C)C)C1c1ccc(C)cc1. The largest absolute Gasteiger partial charge is 0.466 e. The predicted octanol–water partition coefficient (Wildman–Crippen LogP) is 1.89. The van der Waals surface area contributed by atoms with Gasteiger partial charge < -0.3 is 20.7 Å². The number of nitrogens with two attached hydrogens (primary N) is 1. The molecule has 1 heterocycles. The van der Waals surface area contributed by atoms with E-state index in [0.717, 1.165) is 11.1 Å². The Morgan fingerprint density at radius 3 is 2.38 bits per heavy atom. The van der Waals surface area contributed by atoms with Crippen LogP contribution in [0, 0.1) is 12.8 Å². The van der Waals surface area contributed by atoms with Crippen LogP contribution in [0.1, 0.15) is 44.4 Å². The highest BCUT2D eigenvalue weighted by molar-refractivity contribution is 5.89. The lowest BCUT2D eigenvalue weighted by Gasteiger charge is -2.31. The first-order chi connectivity index (χ1) is 12.3. The van der Waals surface area contributed by atoms with Crippen molar-refractivity contribution in [3.05, 3.63) is 35.4 Å². The van der Waals surface area contributed by atoms with E-state index in [-0.39, 0.29) is 19.1 Å². The quantitative estimate of drug-likeness (QED) is 0.782. The van der Waals surface area contributed by atoms with Crippen LogP contribution in [-0.2, 0) is 14.3 Å². The summed E-state index contributed by atoms with van der Waals surface area (Å²) < 4.78 is 5.19. The number of nitrogens with one attached hydrogen (secondary N) is 1. The lowest BCUT2D eigenvalue weighted by molar-refractivity contribution is -0.148. The summed E-state index contributed by atoms with van der Waals surface area (Å²) in [6.07, 6.45) is 0.151. The molecule has 1 aliphatic rings. The van der Waals surface area contributed by atoms with E-state index in [0.29, 0.717) is 0 Å². The molecule has 1 saturated heterocycles. The minimum Gasteiger partial charge on any atom is -0.466 e. The van der Waals surface area contributed by atoms with Crippen molar-refractivity contribution < 1.29 is 19.1 Å². The smallest absolute Gasteiger partial charge is 0.318 e. The molecular formula is C19H27N3O4. The van der Waals surface area contributed by atoms with Gasteiger partial charge in [-0.3, -0.25) is 9.59 Å². The molecule has 1 aromatic rings. The van der Waals surface area contributed by atoms with E-state index >= 15 is 0 Å². The van der Waals surface area contributed by atoms with Gasteiger partial charge in [-0.2, -0.15) is 0 Å². The van der Waals surface area contributed by atoms with Crippen LogP contribution >= 0.6 is 0 Å². The summed E-state index contributed by atoms with van der Waals surface area (Å²) in [5.41, 5.74) is 7.38. The van der Waals surface area contributed by atoms with Crippen molar-refractivity contribution in [2.45, 2.75) is 52.2 Å². The molecule has 2 rings (SSSR count). The lowest BCUT2D eigenvalue weighted by Crippen LogP contribution is -2.50. The Bertz CT molecular complexity index is 672. The molecule has 0 saturated carbocycles. The Kier molecular flexibility index (Phi) is 6.23. The first kappa shape index (κ1) is 19.8. The van der Waals surface area contributed by atoms with Crippen LogP contribution in [0.2, 0.25) is 0 Å². The average Bonchev–Trinajstić information content (AvgIpc) is 2.96. The molecule has 3 N–H and O–H groups in total. The first-order valence-electron chi connectivity index (χ1n) is 8.87. The normalized spacial score (nSPS) is 22.3. The Morgan fingerprint density at radius 2 is 1.88 bits per heavy atom. The maximum Gasteiger partial charge on any atom is 0.318 e. The molecule has 7 heteroatoms. The van der Waals surface area contributed by atoms with E-state index in [4.69, 9.17) is 10.5 Å². The van der Waals surface area contributed by atoms with Gasteiger partial charge in [0.2, 0.25) is 5.91 Å². The van der Waals surface area contributed by atoms with Gasteiger partial charge in [-0.05, 0) is 39.7 Å². The summed E-state index contributed by atoms with van der Waals surface area (Å²) >= 11 is 0. The second-order valence-corrected chi connectivity index (χ2v) is 6.88. The second kappa shape index (κ2) is 8.21. The number of rotatable bonds is 5. The van der Waals surface area contributed by atoms with Crippen LogP contribution in [0.4, 0.5) is 4.79 Å². The van der Waals surface area contributed by atoms with Gasteiger partial charge in [-0.1, -0.05) is 29.8 Å². The molecule has 1 fully saturated rings. The van der Waals surface area contributed by atoms with Crippen molar-refractivity contribution in [1.29, 1.82) is 0 Å². The molecule has 3 amide bonds. The minimum atomic E-state index is -0.866. The number of aryl methyl sites for hydroxylation is 1.